The van der Waals surface area contributed by atoms with Gasteiger partial charge in [-0.1, -0.05) is 24.6 Å². The van der Waals surface area contributed by atoms with Crippen LogP contribution in [0.15, 0.2) is 59.0 Å². The van der Waals surface area contributed by atoms with E-state index < -0.39 is 28.0 Å². The van der Waals surface area contributed by atoms with Gasteiger partial charge in [0.1, 0.15) is 17.4 Å². The lowest BCUT2D eigenvalue weighted by molar-refractivity contribution is -0.144. The van der Waals surface area contributed by atoms with Crippen LogP contribution >= 0.6 is 0 Å². The molecule has 9 nitrogen and oxygen atoms in total. The number of nitrogens with one attached hydrogen (secondary N) is 1. The second-order valence-corrected chi connectivity index (χ2v) is 9.73. The van der Waals surface area contributed by atoms with Gasteiger partial charge in [0.15, 0.2) is 6.10 Å². The number of carbonyl (C=O) groups is 2. The van der Waals surface area contributed by atoms with E-state index in [1.807, 2.05) is 6.07 Å². The molecule has 1 aliphatic heterocycles. The molecular formula is C24H25N3O6S. The lowest BCUT2D eigenvalue weighted by Gasteiger charge is -2.26. The van der Waals surface area contributed by atoms with Crippen molar-refractivity contribution in [2.24, 2.45) is 0 Å². The van der Waals surface area contributed by atoms with Crippen LogP contribution in [0.3, 0.4) is 0 Å². The number of nitrogens with zero attached hydrogens (tertiary/aromatic N) is 2. The van der Waals surface area contributed by atoms with Gasteiger partial charge in [0.2, 0.25) is 10.0 Å². The van der Waals surface area contributed by atoms with Crippen molar-refractivity contribution >= 4 is 33.7 Å². The summed E-state index contributed by atoms with van der Waals surface area (Å²) in [4.78, 5) is 23.7. The summed E-state index contributed by atoms with van der Waals surface area (Å²) in [6, 6.07) is 14.1. The van der Waals surface area contributed by atoms with Gasteiger partial charge < -0.3 is 15.2 Å². The van der Waals surface area contributed by atoms with Crippen molar-refractivity contribution in [1.82, 2.24) is 4.31 Å². The number of benzene rings is 2. The highest BCUT2D eigenvalue weighted by atomic mass is 32.2. The van der Waals surface area contributed by atoms with Crippen LogP contribution in [0.1, 0.15) is 31.7 Å². The van der Waals surface area contributed by atoms with Gasteiger partial charge >= 0.3 is 5.97 Å². The Labute approximate surface area is 198 Å². The number of carboxylic acid groups (broad SMARTS) is 1. The van der Waals surface area contributed by atoms with E-state index in [4.69, 9.17) is 9.84 Å². The number of carboxylic acids is 1. The molecule has 178 valence electrons. The molecule has 0 bridgehead atoms. The molecule has 2 aromatic rings. The molecule has 1 fully saturated rings. The lowest BCUT2D eigenvalue weighted by Crippen LogP contribution is -2.35. The Hall–Kier alpha value is -3.68. The predicted molar refractivity (Wildman–Crippen MR) is 125 cm³/mol. The van der Waals surface area contributed by atoms with Crippen molar-refractivity contribution < 1.29 is 27.9 Å². The molecule has 0 aliphatic carbocycles. The molecule has 1 atom stereocenters. The summed E-state index contributed by atoms with van der Waals surface area (Å²) in [7, 11) is -3.67. The molecule has 0 saturated carbocycles. The maximum Gasteiger partial charge on any atom is 0.344 e. The number of amides is 1. The Morgan fingerprint density at radius 2 is 1.85 bits per heavy atom. The van der Waals surface area contributed by atoms with Gasteiger partial charge in [-0.25, -0.2) is 13.2 Å². The summed E-state index contributed by atoms with van der Waals surface area (Å²) >= 11 is 0. The van der Waals surface area contributed by atoms with Gasteiger partial charge in [-0.2, -0.15) is 9.57 Å². The standard InChI is InChI=1S/C24H25N3O6S/c1-17(24(29)30)33-21-9-5-7-18(14-21)13-19(16-25)23(28)26-20-8-6-10-22(15-20)34(31,32)27-11-3-2-4-12-27/h5-10,13-15,17H,2-4,11-12H2,1H3,(H,26,28)(H,29,30)/b19-13-. The third kappa shape index (κ3) is 6.21. The highest BCUT2D eigenvalue weighted by molar-refractivity contribution is 7.89. The maximum atomic E-state index is 12.9. The number of piperidine rings is 1. The normalized spacial score (nSPS) is 15.7. The number of anilines is 1. The molecule has 34 heavy (non-hydrogen) atoms. The van der Waals surface area contributed by atoms with Crippen LogP contribution in [0.25, 0.3) is 6.08 Å². The number of rotatable bonds is 8. The van der Waals surface area contributed by atoms with Crippen LogP contribution in [-0.2, 0) is 19.6 Å². The molecule has 2 aromatic carbocycles. The van der Waals surface area contributed by atoms with E-state index in [-0.39, 0.29) is 21.9 Å². The lowest BCUT2D eigenvalue weighted by atomic mass is 10.1. The molecule has 0 radical (unpaired) electrons. The molecule has 1 aliphatic rings. The van der Waals surface area contributed by atoms with E-state index in [0.29, 0.717) is 18.7 Å². The second-order valence-electron chi connectivity index (χ2n) is 7.79. The largest absolute Gasteiger partial charge is 0.479 e. The van der Waals surface area contributed by atoms with Crippen molar-refractivity contribution in [3.8, 4) is 11.8 Å². The van der Waals surface area contributed by atoms with Crippen molar-refractivity contribution in [3.05, 3.63) is 59.7 Å². The number of sulfonamides is 1. The molecule has 1 unspecified atom stereocenters. The summed E-state index contributed by atoms with van der Waals surface area (Å²) in [6.07, 6.45) is 2.90. The van der Waals surface area contributed by atoms with Crippen molar-refractivity contribution in [2.45, 2.75) is 37.2 Å². The first-order chi connectivity index (χ1) is 16.2. The zero-order chi connectivity index (χ0) is 24.7. The number of hydrogen-bond donors (Lipinski definition) is 2. The van der Waals surface area contributed by atoms with Crippen LogP contribution < -0.4 is 10.1 Å². The SMILES string of the molecule is CC(Oc1cccc(/C=C(/C#N)C(=O)Nc2cccc(S(=O)(=O)N3CCCCC3)c2)c1)C(=O)O. The monoisotopic (exact) mass is 483 g/mol. The fourth-order valence-electron chi connectivity index (χ4n) is 3.43. The predicted octanol–water partition coefficient (Wildman–Crippen LogP) is 3.26. The van der Waals surface area contributed by atoms with Gasteiger partial charge in [-0.05, 0) is 61.7 Å². The van der Waals surface area contributed by atoms with Crippen molar-refractivity contribution in [2.75, 3.05) is 18.4 Å². The molecule has 1 saturated heterocycles. The van der Waals surface area contributed by atoms with Crippen molar-refractivity contribution in [3.63, 3.8) is 0 Å². The molecule has 1 amide bonds. The minimum absolute atomic E-state index is 0.0760. The smallest absolute Gasteiger partial charge is 0.344 e. The summed E-state index contributed by atoms with van der Waals surface area (Å²) < 4.78 is 32.6. The molecular weight excluding hydrogens is 458 g/mol. The average molecular weight is 484 g/mol. The Balaban J connectivity index is 1.77. The van der Waals surface area contributed by atoms with Crippen LogP contribution in [0, 0.1) is 11.3 Å². The van der Waals surface area contributed by atoms with Gasteiger partial charge in [0.05, 0.1) is 4.90 Å². The van der Waals surface area contributed by atoms with Gasteiger partial charge in [-0.15, -0.1) is 0 Å². The maximum absolute atomic E-state index is 12.9. The highest BCUT2D eigenvalue weighted by Crippen LogP contribution is 2.23. The Bertz CT molecular complexity index is 1240. The fraction of sp³-hybridized carbons (Fsp3) is 0.292. The third-order valence-corrected chi connectivity index (χ3v) is 7.13. The zero-order valence-electron chi connectivity index (χ0n) is 18.6. The Kier molecular flexibility index (Phi) is 8.04. The van der Waals surface area contributed by atoms with E-state index in [2.05, 4.69) is 5.32 Å². The zero-order valence-corrected chi connectivity index (χ0v) is 19.4. The van der Waals surface area contributed by atoms with Crippen LogP contribution in [0.5, 0.6) is 5.75 Å². The molecule has 0 aromatic heterocycles. The fourth-order valence-corrected chi connectivity index (χ4v) is 5.00. The van der Waals surface area contributed by atoms with E-state index in [9.17, 15) is 23.3 Å². The number of aliphatic carboxylic acids is 1. The molecule has 1 heterocycles. The number of ether oxygens (including phenoxy) is 1. The van der Waals surface area contributed by atoms with E-state index >= 15 is 0 Å². The van der Waals surface area contributed by atoms with E-state index in [0.717, 1.165) is 19.3 Å². The second kappa shape index (κ2) is 11.0. The summed E-state index contributed by atoms with van der Waals surface area (Å²) in [5, 5.41) is 21.0. The minimum atomic E-state index is -3.67. The van der Waals surface area contributed by atoms with Gasteiger partial charge in [0, 0.05) is 18.8 Å². The number of carbonyl (C=O) groups excluding carboxylic acids is 1. The quantitative estimate of drug-likeness (QED) is 0.434. The van der Waals surface area contributed by atoms with Gasteiger partial charge in [0.25, 0.3) is 5.91 Å². The van der Waals surface area contributed by atoms with Crippen molar-refractivity contribution in [1.29, 1.82) is 5.26 Å². The first-order valence-electron chi connectivity index (χ1n) is 10.7. The highest BCUT2D eigenvalue weighted by Gasteiger charge is 2.26. The average Bonchev–Trinajstić information content (AvgIpc) is 2.83. The van der Waals surface area contributed by atoms with Crippen LogP contribution in [0.4, 0.5) is 5.69 Å². The molecule has 0 spiro atoms. The van der Waals surface area contributed by atoms with Crippen LogP contribution in [-0.4, -0.2) is 48.9 Å². The molecule has 3 rings (SSSR count). The summed E-state index contributed by atoms with van der Waals surface area (Å²) in [5.74, 6) is -1.56. The number of nitriles is 1. The van der Waals surface area contributed by atoms with Gasteiger partial charge in [-0.3, -0.25) is 4.79 Å². The third-order valence-electron chi connectivity index (χ3n) is 5.24. The van der Waals surface area contributed by atoms with Crippen LogP contribution in [0.2, 0.25) is 0 Å². The Morgan fingerprint density at radius 1 is 1.15 bits per heavy atom. The minimum Gasteiger partial charge on any atom is -0.479 e. The topological polar surface area (TPSA) is 137 Å². The molecule has 2 N–H and O–H groups in total. The summed E-state index contributed by atoms with van der Waals surface area (Å²) in [6.45, 7) is 2.32. The molecule has 10 heteroatoms. The summed E-state index contributed by atoms with van der Waals surface area (Å²) in [5.41, 5.74) is 0.493. The van der Waals surface area contributed by atoms with E-state index in [1.165, 1.54) is 41.6 Å². The van der Waals surface area contributed by atoms with E-state index in [1.54, 1.807) is 24.3 Å². The first kappa shape index (κ1) is 25.0. The number of hydrogen-bond acceptors (Lipinski definition) is 6. The first-order valence-corrected chi connectivity index (χ1v) is 12.2. The Morgan fingerprint density at radius 3 is 2.53 bits per heavy atom.